The maximum atomic E-state index is 11.9. The molecule has 0 saturated carbocycles. The van der Waals surface area contributed by atoms with Crippen molar-refractivity contribution >= 4 is 5.91 Å². The number of aryl methyl sites for hydroxylation is 1. The second-order valence-electron chi connectivity index (χ2n) is 4.54. The van der Waals surface area contributed by atoms with E-state index in [2.05, 4.69) is 10.4 Å². The van der Waals surface area contributed by atoms with E-state index in [1.54, 1.807) is 7.11 Å². The number of amides is 1. The highest BCUT2D eigenvalue weighted by Gasteiger charge is 2.07. The van der Waals surface area contributed by atoms with Crippen LogP contribution in [-0.4, -0.2) is 29.3 Å². The molecule has 110 valence electrons. The number of ether oxygens (including phenoxy) is 1. The minimum absolute atomic E-state index is 0.225. The maximum Gasteiger partial charge on any atom is 0.271 e. The minimum atomic E-state index is -0.298. The van der Waals surface area contributed by atoms with Crippen molar-refractivity contribution < 1.29 is 9.53 Å². The van der Waals surface area contributed by atoms with Gasteiger partial charge in [0.1, 0.15) is 11.4 Å². The van der Waals surface area contributed by atoms with E-state index < -0.39 is 0 Å². The minimum Gasteiger partial charge on any atom is -0.497 e. The third-order valence-electron chi connectivity index (χ3n) is 3.03. The van der Waals surface area contributed by atoms with Gasteiger partial charge >= 0.3 is 0 Å². The lowest BCUT2D eigenvalue weighted by Crippen LogP contribution is -2.29. The summed E-state index contributed by atoms with van der Waals surface area (Å²) in [6.07, 6.45) is 0.689. The molecule has 0 bridgehead atoms. The number of benzene rings is 1. The van der Waals surface area contributed by atoms with Gasteiger partial charge in [-0.2, -0.15) is 5.10 Å². The molecule has 1 amide bonds. The summed E-state index contributed by atoms with van der Waals surface area (Å²) in [6, 6.07) is 10.4. The summed E-state index contributed by atoms with van der Waals surface area (Å²) in [4.78, 5) is 23.1. The van der Waals surface area contributed by atoms with Crippen LogP contribution in [0.2, 0.25) is 0 Å². The van der Waals surface area contributed by atoms with E-state index in [0.29, 0.717) is 13.0 Å². The number of carbonyl (C=O) groups is 1. The van der Waals surface area contributed by atoms with Crippen molar-refractivity contribution in [1.29, 1.82) is 0 Å². The first kappa shape index (κ1) is 14.8. The van der Waals surface area contributed by atoms with Gasteiger partial charge < -0.3 is 10.1 Å². The molecular formula is C15H17N3O3. The zero-order valence-corrected chi connectivity index (χ0v) is 12.0. The molecule has 0 unspecified atom stereocenters. The van der Waals surface area contributed by atoms with E-state index in [1.165, 1.54) is 19.2 Å². The van der Waals surface area contributed by atoms with Gasteiger partial charge in [0.15, 0.2) is 0 Å². The molecule has 0 spiro atoms. The van der Waals surface area contributed by atoms with Crippen molar-refractivity contribution in [1.82, 2.24) is 15.1 Å². The van der Waals surface area contributed by atoms with E-state index >= 15 is 0 Å². The Labute approximate surface area is 122 Å². The molecule has 2 aromatic rings. The highest BCUT2D eigenvalue weighted by Crippen LogP contribution is 2.12. The van der Waals surface area contributed by atoms with E-state index in [9.17, 15) is 9.59 Å². The fourth-order valence-electron chi connectivity index (χ4n) is 1.86. The van der Waals surface area contributed by atoms with Crippen LogP contribution in [0.25, 0.3) is 0 Å². The molecule has 2 rings (SSSR count). The maximum absolute atomic E-state index is 11.9. The fourth-order valence-corrected chi connectivity index (χ4v) is 1.86. The van der Waals surface area contributed by atoms with Crippen LogP contribution in [-0.2, 0) is 13.5 Å². The zero-order valence-electron chi connectivity index (χ0n) is 12.0. The summed E-state index contributed by atoms with van der Waals surface area (Å²) in [5.74, 6) is 0.493. The first-order chi connectivity index (χ1) is 10.1. The van der Waals surface area contributed by atoms with Gasteiger partial charge in [0.2, 0.25) is 0 Å². The van der Waals surface area contributed by atoms with Crippen LogP contribution in [0.1, 0.15) is 16.1 Å². The molecule has 0 radical (unpaired) electrons. The van der Waals surface area contributed by atoms with E-state index in [-0.39, 0.29) is 17.2 Å². The van der Waals surface area contributed by atoms with Gasteiger partial charge in [-0.1, -0.05) is 12.1 Å². The number of nitrogens with zero attached hydrogens (tertiary/aromatic N) is 2. The average Bonchev–Trinajstić information content (AvgIpc) is 2.50. The Bertz CT molecular complexity index is 695. The summed E-state index contributed by atoms with van der Waals surface area (Å²) in [5, 5.41) is 6.67. The van der Waals surface area contributed by atoms with E-state index in [4.69, 9.17) is 4.74 Å². The molecular weight excluding hydrogens is 270 g/mol. The normalized spacial score (nSPS) is 10.2. The molecule has 0 atom stereocenters. The summed E-state index contributed by atoms with van der Waals surface area (Å²) in [7, 11) is 3.13. The largest absolute Gasteiger partial charge is 0.497 e. The summed E-state index contributed by atoms with van der Waals surface area (Å²) >= 11 is 0. The predicted octanol–water partition coefficient (Wildman–Crippen LogP) is 0.761. The Kier molecular flexibility index (Phi) is 4.71. The molecule has 21 heavy (non-hydrogen) atoms. The number of carbonyl (C=O) groups excluding carboxylic acids is 1. The Morgan fingerprint density at radius 1 is 1.33 bits per heavy atom. The molecule has 1 aromatic carbocycles. The van der Waals surface area contributed by atoms with Gasteiger partial charge in [-0.3, -0.25) is 9.59 Å². The molecule has 0 saturated heterocycles. The number of nitrogens with one attached hydrogen (secondary N) is 1. The molecule has 0 aliphatic heterocycles. The van der Waals surface area contributed by atoms with Crippen molar-refractivity contribution in [3.8, 4) is 5.75 Å². The standard InChI is InChI=1S/C15H17N3O3/c1-18-14(19)7-6-13(17-18)15(20)16-9-8-11-4-3-5-12(10-11)21-2/h3-7,10H,8-9H2,1-2H3,(H,16,20). The van der Waals surface area contributed by atoms with Crippen LogP contribution >= 0.6 is 0 Å². The third kappa shape index (κ3) is 3.92. The van der Waals surface area contributed by atoms with Crippen LogP contribution in [0.3, 0.4) is 0 Å². The van der Waals surface area contributed by atoms with Crippen molar-refractivity contribution in [2.24, 2.45) is 7.05 Å². The van der Waals surface area contributed by atoms with Crippen LogP contribution in [0.4, 0.5) is 0 Å². The molecule has 0 aliphatic rings. The van der Waals surface area contributed by atoms with Crippen LogP contribution in [0, 0.1) is 0 Å². The Morgan fingerprint density at radius 3 is 2.86 bits per heavy atom. The lowest BCUT2D eigenvalue weighted by atomic mass is 10.1. The SMILES string of the molecule is COc1cccc(CCNC(=O)c2ccc(=O)n(C)n2)c1. The van der Waals surface area contributed by atoms with E-state index in [0.717, 1.165) is 16.0 Å². The monoisotopic (exact) mass is 287 g/mol. The van der Waals surface area contributed by atoms with Gasteiger partial charge in [-0.15, -0.1) is 0 Å². The van der Waals surface area contributed by atoms with Crippen LogP contribution < -0.4 is 15.6 Å². The third-order valence-corrected chi connectivity index (χ3v) is 3.03. The molecule has 1 heterocycles. The number of hydrogen-bond acceptors (Lipinski definition) is 4. The van der Waals surface area contributed by atoms with Gasteiger partial charge in [0, 0.05) is 19.7 Å². The average molecular weight is 287 g/mol. The van der Waals surface area contributed by atoms with Crippen molar-refractivity contribution in [3.63, 3.8) is 0 Å². The summed E-state index contributed by atoms with van der Waals surface area (Å²) in [5.41, 5.74) is 1.05. The fraction of sp³-hybridized carbons (Fsp3) is 0.267. The number of aromatic nitrogens is 2. The van der Waals surface area contributed by atoms with Gasteiger partial charge in [0.25, 0.3) is 11.5 Å². The van der Waals surface area contributed by atoms with Gasteiger partial charge in [-0.05, 0) is 30.2 Å². The van der Waals surface area contributed by atoms with Crippen molar-refractivity contribution in [2.75, 3.05) is 13.7 Å². The highest BCUT2D eigenvalue weighted by molar-refractivity contribution is 5.91. The van der Waals surface area contributed by atoms with Crippen LogP contribution in [0.5, 0.6) is 5.75 Å². The summed E-state index contributed by atoms with van der Waals surface area (Å²) in [6.45, 7) is 0.483. The Balaban J connectivity index is 1.91. The van der Waals surface area contributed by atoms with Crippen molar-refractivity contribution in [2.45, 2.75) is 6.42 Å². The smallest absolute Gasteiger partial charge is 0.271 e. The second-order valence-corrected chi connectivity index (χ2v) is 4.54. The Hall–Kier alpha value is -2.63. The Morgan fingerprint density at radius 2 is 2.14 bits per heavy atom. The number of rotatable bonds is 5. The number of methoxy groups -OCH3 is 1. The molecule has 0 aliphatic carbocycles. The molecule has 1 N–H and O–H groups in total. The zero-order chi connectivity index (χ0) is 15.2. The first-order valence-electron chi connectivity index (χ1n) is 6.55. The first-order valence-corrected chi connectivity index (χ1v) is 6.55. The number of hydrogen-bond donors (Lipinski definition) is 1. The highest BCUT2D eigenvalue weighted by atomic mass is 16.5. The van der Waals surface area contributed by atoms with Crippen molar-refractivity contribution in [3.05, 3.63) is 58.0 Å². The second kappa shape index (κ2) is 6.69. The predicted molar refractivity (Wildman–Crippen MR) is 78.5 cm³/mol. The molecule has 6 nitrogen and oxygen atoms in total. The van der Waals surface area contributed by atoms with Gasteiger partial charge in [0.05, 0.1) is 7.11 Å². The topological polar surface area (TPSA) is 73.2 Å². The lowest BCUT2D eigenvalue weighted by molar-refractivity contribution is 0.0947. The molecule has 1 aromatic heterocycles. The quantitative estimate of drug-likeness (QED) is 0.881. The molecule has 6 heteroatoms. The van der Waals surface area contributed by atoms with Gasteiger partial charge in [-0.25, -0.2) is 4.68 Å². The van der Waals surface area contributed by atoms with E-state index in [1.807, 2.05) is 24.3 Å². The van der Waals surface area contributed by atoms with Crippen LogP contribution in [0.15, 0.2) is 41.2 Å². The molecule has 0 fully saturated rings. The lowest BCUT2D eigenvalue weighted by Gasteiger charge is -2.07. The summed E-state index contributed by atoms with van der Waals surface area (Å²) < 4.78 is 6.28.